The minimum absolute atomic E-state index is 0.104. The van der Waals surface area contributed by atoms with Crippen molar-refractivity contribution in [3.8, 4) is 0 Å². The molecule has 0 aliphatic rings. The molecule has 0 heterocycles. The minimum Gasteiger partial charge on any atom is -0.478 e. The smallest absolute Gasteiger partial charge is 0.335 e. The fourth-order valence-corrected chi connectivity index (χ4v) is 3.40. The van der Waals surface area contributed by atoms with Gasteiger partial charge in [-0.3, -0.25) is 9.00 Å². The lowest BCUT2D eigenvalue weighted by Gasteiger charge is -2.08. The molecule has 0 bridgehead atoms. The predicted molar refractivity (Wildman–Crippen MR) is 94.7 cm³/mol. The molecule has 5 nitrogen and oxygen atoms in total. The van der Waals surface area contributed by atoms with Crippen molar-refractivity contribution in [2.45, 2.75) is 19.6 Å². The van der Waals surface area contributed by atoms with Crippen molar-refractivity contribution < 1.29 is 18.9 Å². The number of carbonyl (C=O) groups is 2. The first-order valence-corrected chi connectivity index (χ1v) is 8.87. The molecule has 2 N–H and O–H groups in total. The van der Waals surface area contributed by atoms with E-state index in [0.29, 0.717) is 5.69 Å². The van der Waals surface area contributed by atoms with Crippen molar-refractivity contribution in [1.82, 2.24) is 0 Å². The van der Waals surface area contributed by atoms with Crippen molar-refractivity contribution in [1.29, 1.82) is 0 Å². The molecule has 0 aliphatic carbocycles. The Morgan fingerprint density at radius 1 is 1.04 bits per heavy atom. The van der Waals surface area contributed by atoms with Gasteiger partial charge in [-0.1, -0.05) is 18.2 Å². The van der Waals surface area contributed by atoms with Gasteiger partial charge < -0.3 is 10.4 Å². The van der Waals surface area contributed by atoms with E-state index in [0.717, 1.165) is 16.7 Å². The van der Waals surface area contributed by atoms with Crippen LogP contribution in [0.2, 0.25) is 0 Å². The van der Waals surface area contributed by atoms with Gasteiger partial charge in [-0.25, -0.2) is 4.79 Å². The van der Waals surface area contributed by atoms with E-state index in [-0.39, 0.29) is 23.0 Å². The maximum atomic E-state index is 12.1. The Morgan fingerprint density at radius 2 is 1.62 bits per heavy atom. The largest absolute Gasteiger partial charge is 0.478 e. The van der Waals surface area contributed by atoms with Gasteiger partial charge in [0, 0.05) is 22.2 Å². The topological polar surface area (TPSA) is 83.5 Å². The van der Waals surface area contributed by atoms with Crippen LogP contribution < -0.4 is 5.32 Å². The lowest BCUT2D eigenvalue weighted by molar-refractivity contribution is -0.113. The Morgan fingerprint density at radius 3 is 2.17 bits per heavy atom. The van der Waals surface area contributed by atoms with Gasteiger partial charge in [0.1, 0.15) is 5.75 Å². The zero-order valence-electron chi connectivity index (χ0n) is 13.5. The Hall–Kier alpha value is -2.47. The lowest BCUT2D eigenvalue weighted by Crippen LogP contribution is -2.20. The zero-order chi connectivity index (χ0) is 17.7. The van der Waals surface area contributed by atoms with Crippen molar-refractivity contribution in [3.63, 3.8) is 0 Å². The van der Waals surface area contributed by atoms with Crippen LogP contribution in [0.3, 0.4) is 0 Å². The Balaban J connectivity index is 1.91. The van der Waals surface area contributed by atoms with Crippen LogP contribution in [0.15, 0.2) is 42.5 Å². The van der Waals surface area contributed by atoms with Gasteiger partial charge in [-0.05, 0) is 54.8 Å². The third-order valence-corrected chi connectivity index (χ3v) is 4.57. The Kier molecular flexibility index (Phi) is 5.87. The van der Waals surface area contributed by atoms with Crippen molar-refractivity contribution in [3.05, 3.63) is 64.7 Å². The highest BCUT2D eigenvalue weighted by molar-refractivity contribution is 7.84. The average Bonchev–Trinajstić information content (AvgIpc) is 2.46. The molecule has 0 aliphatic heterocycles. The molecule has 0 radical (unpaired) electrons. The molecule has 0 fully saturated rings. The van der Waals surface area contributed by atoms with Crippen LogP contribution in [0.5, 0.6) is 0 Å². The number of aromatic carboxylic acids is 1. The molecule has 0 saturated carbocycles. The number of anilines is 1. The van der Waals surface area contributed by atoms with Crippen LogP contribution in [0.4, 0.5) is 5.69 Å². The number of benzene rings is 2. The third-order valence-electron chi connectivity index (χ3n) is 3.33. The summed E-state index contributed by atoms with van der Waals surface area (Å²) in [5.74, 6) is -1.20. The first-order chi connectivity index (χ1) is 11.3. The van der Waals surface area contributed by atoms with E-state index in [1.54, 1.807) is 12.1 Å². The van der Waals surface area contributed by atoms with E-state index in [1.807, 2.05) is 32.0 Å². The highest BCUT2D eigenvalue weighted by Crippen LogP contribution is 2.14. The summed E-state index contributed by atoms with van der Waals surface area (Å²) in [4.78, 5) is 22.8. The monoisotopic (exact) mass is 345 g/mol. The van der Waals surface area contributed by atoms with E-state index in [1.165, 1.54) is 12.1 Å². The number of amides is 1. The molecular weight excluding hydrogens is 326 g/mol. The number of hydrogen-bond acceptors (Lipinski definition) is 3. The molecule has 1 unspecified atom stereocenters. The van der Waals surface area contributed by atoms with Crippen LogP contribution >= 0.6 is 0 Å². The molecule has 2 rings (SSSR count). The molecule has 2 aromatic carbocycles. The maximum absolute atomic E-state index is 12.1. The first-order valence-electron chi connectivity index (χ1n) is 7.39. The van der Waals surface area contributed by atoms with Crippen LogP contribution in [-0.2, 0) is 21.3 Å². The second kappa shape index (κ2) is 7.88. The molecule has 0 spiro atoms. The number of hydrogen-bond donors (Lipinski definition) is 2. The van der Waals surface area contributed by atoms with E-state index in [2.05, 4.69) is 5.32 Å². The minimum atomic E-state index is -1.36. The summed E-state index contributed by atoms with van der Waals surface area (Å²) >= 11 is 0. The second-order valence-electron chi connectivity index (χ2n) is 5.66. The van der Waals surface area contributed by atoms with E-state index < -0.39 is 16.8 Å². The van der Waals surface area contributed by atoms with E-state index in [9.17, 15) is 13.8 Å². The number of carbonyl (C=O) groups excluding carboxylic acids is 1. The second-order valence-corrected chi connectivity index (χ2v) is 7.11. The van der Waals surface area contributed by atoms with Crippen LogP contribution in [0, 0.1) is 13.8 Å². The quantitative estimate of drug-likeness (QED) is 0.843. The molecule has 24 heavy (non-hydrogen) atoms. The number of carboxylic acid groups (broad SMARTS) is 1. The van der Waals surface area contributed by atoms with Gasteiger partial charge >= 0.3 is 5.97 Å². The van der Waals surface area contributed by atoms with Gasteiger partial charge in [0.25, 0.3) is 0 Å². The number of carboxylic acids is 1. The zero-order valence-corrected chi connectivity index (χ0v) is 14.4. The highest BCUT2D eigenvalue weighted by Gasteiger charge is 2.10. The van der Waals surface area contributed by atoms with Gasteiger partial charge in [0.15, 0.2) is 0 Å². The summed E-state index contributed by atoms with van der Waals surface area (Å²) in [6.07, 6.45) is 0. The summed E-state index contributed by atoms with van der Waals surface area (Å²) in [6, 6.07) is 11.9. The standard InChI is InChI=1S/C18H19NO4S/c1-12-7-13(2)9-16(8-12)19-17(20)11-24(23)10-14-3-5-15(6-4-14)18(21)22/h3-9H,10-11H2,1-2H3,(H,19,20)(H,21,22). The van der Waals surface area contributed by atoms with Crippen molar-refractivity contribution >= 4 is 28.4 Å². The number of aryl methyl sites for hydroxylation is 2. The average molecular weight is 345 g/mol. The van der Waals surface area contributed by atoms with Gasteiger partial charge in [0.2, 0.25) is 5.91 Å². The molecule has 2 aromatic rings. The summed E-state index contributed by atoms with van der Waals surface area (Å²) in [6.45, 7) is 3.89. The summed E-state index contributed by atoms with van der Waals surface area (Å²) in [5.41, 5.74) is 3.70. The Labute approximate surface area is 143 Å². The summed E-state index contributed by atoms with van der Waals surface area (Å²) in [5, 5.41) is 11.6. The summed E-state index contributed by atoms with van der Waals surface area (Å²) < 4.78 is 12.1. The molecule has 6 heteroatoms. The van der Waals surface area contributed by atoms with Gasteiger partial charge in [-0.15, -0.1) is 0 Å². The SMILES string of the molecule is Cc1cc(C)cc(NC(=O)CS(=O)Cc2ccc(C(=O)O)cc2)c1. The molecule has 1 amide bonds. The number of nitrogens with one attached hydrogen (secondary N) is 1. The van der Waals surface area contributed by atoms with Crippen LogP contribution in [0.1, 0.15) is 27.0 Å². The fourth-order valence-electron chi connectivity index (χ4n) is 2.37. The van der Waals surface area contributed by atoms with Crippen molar-refractivity contribution in [2.24, 2.45) is 0 Å². The van der Waals surface area contributed by atoms with Crippen LogP contribution in [-0.4, -0.2) is 26.9 Å². The molecular formula is C18H19NO4S. The Bertz CT molecular complexity index is 764. The van der Waals surface area contributed by atoms with Crippen molar-refractivity contribution in [2.75, 3.05) is 11.1 Å². The maximum Gasteiger partial charge on any atom is 0.335 e. The van der Waals surface area contributed by atoms with E-state index in [4.69, 9.17) is 5.11 Å². The van der Waals surface area contributed by atoms with Gasteiger partial charge in [-0.2, -0.15) is 0 Å². The molecule has 1 atom stereocenters. The number of rotatable bonds is 6. The lowest BCUT2D eigenvalue weighted by atomic mass is 10.1. The normalized spacial score (nSPS) is 11.8. The van der Waals surface area contributed by atoms with Gasteiger partial charge in [0.05, 0.1) is 5.56 Å². The molecule has 0 saturated heterocycles. The first kappa shape index (κ1) is 17.9. The van der Waals surface area contributed by atoms with Crippen LogP contribution in [0.25, 0.3) is 0 Å². The fraction of sp³-hybridized carbons (Fsp3) is 0.222. The molecule has 0 aromatic heterocycles. The molecule has 126 valence electrons. The van der Waals surface area contributed by atoms with E-state index >= 15 is 0 Å². The highest BCUT2D eigenvalue weighted by atomic mass is 32.2. The third kappa shape index (κ3) is 5.31. The summed E-state index contributed by atoms with van der Waals surface area (Å²) in [7, 11) is -1.36. The predicted octanol–water partition coefficient (Wildman–Crippen LogP) is 2.89.